The van der Waals surface area contributed by atoms with Gasteiger partial charge in [-0.05, 0) is 62.6 Å². The second kappa shape index (κ2) is 7.81. The number of benzene rings is 2. The summed E-state index contributed by atoms with van der Waals surface area (Å²) in [5.41, 5.74) is 5.24. The van der Waals surface area contributed by atoms with Gasteiger partial charge in [-0.3, -0.25) is 10.1 Å². The van der Waals surface area contributed by atoms with Crippen molar-refractivity contribution < 1.29 is 4.92 Å². The first-order valence-corrected chi connectivity index (χ1v) is 8.29. The van der Waals surface area contributed by atoms with E-state index in [0.29, 0.717) is 12.2 Å². The summed E-state index contributed by atoms with van der Waals surface area (Å²) in [6, 6.07) is 11.7. The lowest BCUT2D eigenvalue weighted by molar-refractivity contribution is -0.384. The van der Waals surface area contributed by atoms with Gasteiger partial charge in [-0.25, -0.2) is 0 Å². The van der Waals surface area contributed by atoms with Crippen LogP contribution in [0.1, 0.15) is 30.5 Å². The Kier molecular flexibility index (Phi) is 5.79. The van der Waals surface area contributed by atoms with E-state index in [1.807, 2.05) is 36.9 Å². The van der Waals surface area contributed by atoms with Crippen LogP contribution in [0.5, 0.6) is 0 Å². The zero-order chi connectivity index (χ0) is 17.7. The molecule has 128 valence electrons. The van der Waals surface area contributed by atoms with Crippen LogP contribution in [0.15, 0.2) is 36.4 Å². The molecular formula is C19H25N3O2. The Bertz CT molecular complexity index is 725. The van der Waals surface area contributed by atoms with Crippen molar-refractivity contribution in [2.45, 2.75) is 34.2 Å². The highest BCUT2D eigenvalue weighted by molar-refractivity contribution is 5.64. The molecular weight excluding hydrogens is 302 g/mol. The van der Waals surface area contributed by atoms with Crippen LogP contribution < -0.4 is 10.2 Å². The number of nitro groups is 1. The summed E-state index contributed by atoms with van der Waals surface area (Å²) in [6.45, 7) is 10.2. The predicted octanol–water partition coefficient (Wildman–Crippen LogP) is 4.67. The Morgan fingerprint density at radius 3 is 2.33 bits per heavy atom. The standard InChI is InChI=1S/C19H25N3O2/c1-5-21(6-2)18-10-8-16(12-19(18)22(23)24)13-20-17-9-7-14(3)15(4)11-17/h7-12,20H,5-6,13H2,1-4H3. The zero-order valence-corrected chi connectivity index (χ0v) is 14.8. The van der Waals surface area contributed by atoms with Crippen LogP contribution >= 0.6 is 0 Å². The Morgan fingerprint density at radius 1 is 1.04 bits per heavy atom. The minimum atomic E-state index is -0.298. The van der Waals surface area contributed by atoms with Crippen molar-refractivity contribution in [3.05, 3.63) is 63.2 Å². The van der Waals surface area contributed by atoms with E-state index in [1.165, 1.54) is 11.1 Å². The molecule has 2 rings (SSSR count). The van der Waals surface area contributed by atoms with E-state index < -0.39 is 0 Å². The van der Waals surface area contributed by atoms with E-state index >= 15 is 0 Å². The van der Waals surface area contributed by atoms with Crippen molar-refractivity contribution >= 4 is 17.1 Å². The van der Waals surface area contributed by atoms with Crippen molar-refractivity contribution in [2.24, 2.45) is 0 Å². The molecule has 0 aliphatic rings. The number of rotatable bonds is 7. The molecule has 0 aliphatic heterocycles. The van der Waals surface area contributed by atoms with Gasteiger partial charge in [-0.2, -0.15) is 0 Å². The summed E-state index contributed by atoms with van der Waals surface area (Å²) >= 11 is 0. The maximum atomic E-state index is 11.4. The number of aryl methyl sites for hydroxylation is 2. The minimum absolute atomic E-state index is 0.165. The van der Waals surface area contributed by atoms with Gasteiger partial charge in [0, 0.05) is 31.4 Å². The van der Waals surface area contributed by atoms with E-state index in [-0.39, 0.29) is 10.6 Å². The monoisotopic (exact) mass is 327 g/mol. The van der Waals surface area contributed by atoms with Gasteiger partial charge in [0.2, 0.25) is 0 Å². The molecule has 0 heterocycles. The third kappa shape index (κ3) is 4.04. The van der Waals surface area contributed by atoms with Gasteiger partial charge in [0.25, 0.3) is 5.69 Å². The molecule has 0 aromatic heterocycles. The lowest BCUT2D eigenvalue weighted by Crippen LogP contribution is -2.22. The van der Waals surface area contributed by atoms with Crippen LogP contribution in [0, 0.1) is 24.0 Å². The van der Waals surface area contributed by atoms with Gasteiger partial charge < -0.3 is 10.2 Å². The topological polar surface area (TPSA) is 58.4 Å². The SMILES string of the molecule is CCN(CC)c1ccc(CNc2ccc(C)c(C)c2)cc1[N+](=O)[O-]. The highest BCUT2D eigenvalue weighted by Gasteiger charge is 2.18. The van der Waals surface area contributed by atoms with Crippen LogP contribution in [-0.2, 0) is 6.54 Å². The van der Waals surface area contributed by atoms with Crippen molar-refractivity contribution in [2.75, 3.05) is 23.3 Å². The van der Waals surface area contributed by atoms with E-state index in [4.69, 9.17) is 0 Å². The minimum Gasteiger partial charge on any atom is -0.381 e. The summed E-state index contributed by atoms with van der Waals surface area (Å²) in [6.07, 6.45) is 0. The molecule has 0 spiro atoms. The van der Waals surface area contributed by atoms with Crippen LogP contribution in [0.3, 0.4) is 0 Å². The first-order chi connectivity index (χ1) is 11.5. The van der Waals surface area contributed by atoms with Gasteiger partial charge in [0.15, 0.2) is 0 Å². The summed E-state index contributed by atoms with van der Waals surface area (Å²) < 4.78 is 0. The van der Waals surface area contributed by atoms with Crippen LogP contribution in [0.4, 0.5) is 17.1 Å². The molecule has 2 aromatic rings. The third-order valence-electron chi connectivity index (χ3n) is 4.34. The van der Waals surface area contributed by atoms with E-state index in [0.717, 1.165) is 24.3 Å². The molecule has 0 radical (unpaired) electrons. The summed E-state index contributed by atoms with van der Waals surface area (Å²) in [4.78, 5) is 13.1. The number of nitrogens with one attached hydrogen (secondary N) is 1. The second-order valence-corrected chi connectivity index (χ2v) is 5.91. The molecule has 0 saturated carbocycles. The number of nitrogens with zero attached hydrogens (tertiary/aromatic N) is 2. The molecule has 0 fully saturated rings. The van der Waals surface area contributed by atoms with Gasteiger partial charge in [-0.1, -0.05) is 12.1 Å². The van der Waals surface area contributed by atoms with E-state index in [9.17, 15) is 10.1 Å². The number of hydrogen-bond acceptors (Lipinski definition) is 4. The Hall–Kier alpha value is -2.56. The zero-order valence-electron chi connectivity index (χ0n) is 14.8. The maximum Gasteiger partial charge on any atom is 0.292 e. The van der Waals surface area contributed by atoms with Crippen LogP contribution in [0.2, 0.25) is 0 Å². The molecule has 5 nitrogen and oxygen atoms in total. The predicted molar refractivity (Wildman–Crippen MR) is 99.9 cm³/mol. The van der Waals surface area contributed by atoms with Gasteiger partial charge in [-0.15, -0.1) is 0 Å². The molecule has 0 atom stereocenters. The van der Waals surface area contributed by atoms with Crippen molar-refractivity contribution in [3.8, 4) is 0 Å². The van der Waals surface area contributed by atoms with Crippen molar-refractivity contribution in [1.29, 1.82) is 0 Å². The third-order valence-corrected chi connectivity index (χ3v) is 4.34. The Balaban J connectivity index is 2.20. The molecule has 0 unspecified atom stereocenters. The van der Waals surface area contributed by atoms with Gasteiger partial charge >= 0.3 is 0 Å². The first kappa shape index (κ1) is 17.8. The van der Waals surface area contributed by atoms with E-state index in [1.54, 1.807) is 6.07 Å². The van der Waals surface area contributed by atoms with Crippen LogP contribution in [0.25, 0.3) is 0 Å². The lowest BCUT2D eigenvalue weighted by Gasteiger charge is -2.21. The van der Waals surface area contributed by atoms with Crippen molar-refractivity contribution in [1.82, 2.24) is 0 Å². The first-order valence-electron chi connectivity index (χ1n) is 8.29. The molecule has 1 N–H and O–H groups in total. The van der Waals surface area contributed by atoms with Gasteiger partial charge in [0.05, 0.1) is 4.92 Å². The molecule has 5 heteroatoms. The highest BCUT2D eigenvalue weighted by atomic mass is 16.6. The summed E-state index contributed by atoms with van der Waals surface area (Å²) in [5.74, 6) is 0. The smallest absolute Gasteiger partial charge is 0.292 e. The quantitative estimate of drug-likeness (QED) is 0.593. The highest BCUT2D eigenvalue weighted by Crippen LogP contribution is 2.29. The average Bonchev–Trinajstić information content (AvgIpc) is 2.57. The normalized spacial score (nSPS) is 10.5. The Labute approximate surface area is 143 Å². The summed E-state index contributed by atoms with van der Waals surface area (Å²) in [5, 5.41) is 14.8. The second-order valence-electron chi connectivity index (χ2n) is 5.91. The molecule has 0 bridgehead atoms. The summed E-state index contributed by atoms with van der Waals surface area (Å²) in [7, 11) is 0. The van der Waals surface area contributed by atoms with E-state index in [2.05, 4.69) is 31.3 Å². The number of nitro benzene ring substituents is 1. The molecule has 0 amide bonds. The maximum absolute atomic E-state index is 11.4. The van der Waals surface area contributed by atoms with Crippen LogP contribution in [-0.4, -0.2) is 18.0 Å². The number of hydrogen-bond donors (Lipinski definition) is 1. The fraction of sp³-hybridized carbons (Fsp3) is 0.368. The largest absolute Gasteiger partial charge is 0.381 e. The average molecular weight is 327 g/mol. The fourth-order valence-electron chi connectivity index (χ4n) is 2.71. The molecule has 0 aliphatic carbocycles. The van der Waals surface area contributed by atoms with Gasteiger partial charge in [0.1, 0.15) is 5.69 Å². The molecule has 0 saturated heterocycles. The fourth-order valence-corrected chi connectivity index (χ4v) is 2.71. The molecule has 2 aromatic carbocycles. The number of anilines is 2. The molecule has 24 heavy (non-hydrogen) atoms. The lowest BCUT2D eigenvalue weighted by atomic mass is 10.1. The van der Waals surface area contributed by atoms with Crippen molar-refractivity contribution in [3.63, 3.8) is 0 Å². The Morgan fingerprint density at radius 2 is 1.75 bits per heavy atom.